The second-order valence-electron chi connectivity index (χ2n) is 4.06. The zero-order valence-electron chi connectivity index (χ0n) is 14.5. The zero-order chi connectivity index (χ0) is 17.5. The summed E-state index contributed by atoms with van der Waals surface area (Å²) in [5.74, 6) is 0.817. The lowest BCUT2D eigenvalue weighted by atomic mass is 10.2. The highest BCUT2D eigenvalue weighted by molar-refractivity contribution is 5.28. The van der Waals surface area contributed by atoms with Crippen molar-refractivity contribution in [3.63, 3.8) is 0 Å². The van der Waals surface area contributed by atoms with Gasteiger partial charge in [-0.3, -0.25) is 4.79 Å². The third-order valence-corrected chi connectivity index (χ3v) is 2.74. The van der Waals surface area contributed by atoms with Crippen molar-refractivity contribution >= 4 is 0 Å². The van der Waals surface area contributed by atoms with Crippen molar-refractivity contribution in [1.82, 2.24) is 9.97 Å². The molecule has 136 valence electrons. The van der Waals surface area contributed by atoms with E-state index in [0.29, 0.717) is 12.0 Å². The maximum Gasteiger partial charge on any atom is 0.251 e. The molecule has 0 aliphatic carbocycles. The van der Waals surface area contributed by atoms with Gasteiger partial charge in [0.1, 0.15) is 0 Å². The first-order chi connectivity index (χ1) is 11.3. The number of aromatic nitrogens is 2. The maximum atomic E-state index is 10.8. The van der Waals surface area contributed by atoms with Gasteiger partial charge in [0, 0.05) is 43.0 Å². The SMILES string of the molecule is C.CC.CC.O=c1[nH]cccc1CCO.c1cnc2c(c1)CCO2. The molecular formula is C19H32N2O3. The predicted octanol–water partition coefficient (Wildman–Crippen LogP) is 3.61. The fourth-order valence-electron chi connectivity index (χ4n) is 1.78. The molecule has 0 bridgehead atoms. The van der Waals surface area contributed by atoms with Gasteiger partial charge in [-0.1, -0.05) is 47.3 Å². The Kier molecular flexibility index (Phi) is 15.8. The Morgan fingerprint density at radius 3 is 2.50 bits per heavy atom. The van der Waals surface area contributed by atoms with Crippen LogP contribution < -0.4 is 10.3 Å². The Bertz CT molecular complexity index is 560. The molecule has 2 aromatic heterocycles. The standard InChI is InChI=1S/C7H9NO2.C7H7NO.2C2H6.CH4/c9-5-3-6-2-1-4-8-7(6)10;1-2-6-3-5-9-7(6)8-4-1;2*1-2;/h1-2,4,9H,3,5H2,(H,8,10);1-2,4H,3,5H2;2*1-2H3;1H4. The van der Waals surface area contributed by atoms with Crippen LogP contribution in [0, 0.1) is 0 Å². The van der Waals surface area contributed by atoms with Crippen molar-refractivity contribution < 1.29 is 9.84 Å². The van der Waals surface area contributed by atoms with E-state index in [1.807, 2.05) is 33.8 Å². The number of nitrogens with one attached hydrogen (secondary N) is 1. The average Bonchev–Trinajstić information content (AvgIpc) is 3.10. The minimum atomic E-state index is -0.114. The summed E-state index contributed by atoms with van der Waals surface area (Å²) in [6.07, 6.45) is 4.77. The summed E-state index contributed by atoms with van der Waals surface area (Å²) in [6.45, 7) is 8.82. The van der Waals surface area contributed by atoms with Gasteiger partial charge >= 0.3 is 0 Å². The van der Waals surface area contributed by atoms with Crippen LogP contribution in [0.15, 0.2) is 41.5 Å². The second kappa shape index (κ2) is 15.7. The molecule has 0 spiro atoms. The van der Waals surface area contributed by atoms with Gasteiger partial charge in [-0.2, -0.15) is 0 Å². The summed E-state index contributed by atoms with van der Waals surface area (Å²) in [4.78, 5) is 17.4. The molecule has 0 atom stereocenters. The lowest BCUT2D eigenvalue weighted by molar-refractivity contribution is 0.299. The van der Waals surface area contributed by atoms with Gasteiger partial charge in [-0.25, -0.2) is 4.98 Å². The first kappa shape index (κ1) is 24.1. The number of nitrogens with zero attached hydrogens (tertiary/aromatic N) is 1. The fourth-order valence-corrected chi connectivity index (χ4v) is 1.78. The molecule has 5 nitrogen and oxygen atoms in total. The van der Waals surface area contributed by atoms with Crippen molar-refractivity contribution in [1.29, 1.82) is 0 Å². The third-order valence-electron chi connectivity index (χ3n) is 2.74. The normalized spacial score (nSPS) is 10.0. The molecule has 2 N–H and O–H groups in total. The maximum absolute atomic E-state index is 10.8. The van der Waals surface area contributed by atoms with Crippen LogP contribution in [0.1, 0.15) is 46.2 Å². The van der Waals surface area contributed by atoms with E-state index in [2.05, 4.69) is 16.0 Å². The smallest absolute Gasteiger partial charge is 0.251 e. The molecule has 3 heterocycles. The molecule has 0 saturated heterocycles. The number of fused-ring (bicyclic) bond motifs is 1. The number of hydrogen-bond donors (Lipinski definition) is 2. The summed E-state index contributed by atoms with van der Waals surface area (Å²) < 4.78 is 5.19. The van der Waals surface area contributed by atoms with E-state index in [9.17, 15) is 4.79 Å². The highest BCUT2D eigenvalue weighted by Crippen LogP contribution is 2.19. The van der Waals surface area contributed by atoms with Gasteiger partial charge < -0.3 is 14.8 Å². The van der Waals surface area contributed by atoms with Crippen molar-refractivity contribution in [2.24, 2.45) is 0 Å². The zero-order valence-corrected chi connectivity index (χ0v) is 14.5. The number of aromatic amines is 1. The van der Waals surface area contributed by atoms with E-state index in [1.54, 1.807) is 24.5 Å². The van der Waals surface area contributed by atoms with Crippen LogP contribution in [0.5, 0.6) is 5.88 Å². The second-order valence-corrected chi connectivity index (χ2v) is 4.06. The van der Waals surface area contributed by atoms with Gasteiger partial charge in [0.2, 0.25) is 5.88 Å². The van der Waals surface area contributed by atoms with Crippen LogP contribution in [0.25, 0.3) is 0 Å². The van der Waals surface area contributed by atoms with Crippen molar-refractivity contribution in [3.05, 3.63) is 58.1 Å². The van der Waals surface area contributed by atoms with Crippen LogP contribution in [0.3, 0.4) is 0 Å². The molecule has 3 rings (SSSR count). The van der Waals surface area contributed by atoms with E-state index >= 15 is 0 Å². The van der Waals surface area contributed by atoms with Crippen LogP contribution in [-0.2, 0) is 12.8 Å². The quantitative estimate of drug-likeness (QED) is 0.878. The van der Waals surface area contributed by atoms with E-state index in [4.69, 9.17) is 9.84 Å². The number of rotatable bonds is 2. The molecule has 0 amide bonds. The number of hydrogen-bond acceptors (Lipinski definition) is 4. The third kappa shape index (κ3) is 8.48. The Balaban J connectivity index is 0. The molecule has 0 radical (unpaired) electrons. The minimum Gasteiger partial charge on any atom is -0.477 e. The number of aliphatic hydroxyl groups is 1. The molecule has 1 aliphatic rings. The Morgan fingerprint density at radius 2 is 1.92 bits per heavy atom. The molecule has 0 saturated carbocycles. The first-order valence-electron chi connectivity index (χ1n) is 8.15. The Labute approximate surface area is 145 Å². The average molecular weight is 336 g/mol. The van der Waals surface area contributed by atoms with Crippen LogP contribution in [0.4, 0.5) is 0 Å². The highest BCUT2D eigenvalue weighted by atomic mass is 16.5. The largest absolute Gasteiger partial charge is 0.477 e. The highest BCUT2D eigenvalue weighted by Gasteiger charge is 2.10. The topological polar surface area (TPSA) is 75.2 Å². The summed E-state index contributed by atoms with van der Waals surface area (Å²) in [6, 6.07) is 7.43. The first-order valence-corrected chi connectivity index (χ1v) is 8.15. The predicted molar refractivity (Wildman–Crippen MR) is 101 cm³/mol. The molecule has 0 unspecified atom stereocenters. The van der Waals surface area contributed by atoms with E-state index in [1.165, 1.54) is 5.56 Å². The fraction of sp³-hybridized carbons (Fsp3) is 0.474. The molecule has 2 aromatic rings. The number of ether oxygens (including phenoxy) is 1. The Morgan fingerprint density at radius 1 is 1.21 bits per heavy atom. The monoisotopic (exact) mass is 336 g/mol. The summed E-state index contributed by atoms with van der Waals surface area (Å²) >= 11 is 0. The molecule has 1 aliphatic heterocycles. The van der Waals surface area contributed by atoms with Gasteiger partial charge in [0.05, 0.1) is 6.61 Å². The van der Waals surface area contributed by atoms with E-state index in [-0.39, 0.29) is 19.6 Å². The van der Waals surface area contributed by atoms with Gasteiger partial charge in [-0.15, -0.1) is 0 Å². The lowest BCUT2D eigenvalue weighted by Crippen LogP contribution is -2.11. The van der Waals surface area contributed by atoms with Crippen molar-refractivity contribution in [2.75, 3.05) is 13.2 Å². The molecule has 0 aromatic carbocycles. The number of aliphatic hydroxyl groups excluding tert-OH is 1. The minimum absolute atomic E-state index is 0. The molecule has 0 fully saturated rings. The van der Waals surface area contributed by atoms with Gasteiger partial charge in [0.15, 0.2) is 0 Å². The van der Waals surface area contributed by atoms with Crippen molar-refractivity contribution in [3.8, 4) is 5.88 Å². The van der Waals surface area contributed by atoms with E-state index in [0.717, 1.165) is 18.9 Å². The summed E-state index contributed by atoms with van der Waals surface area (Å²) in [5, 5.41) is 8.49. The van der Waals surface area contributed by atoms with Crippen LogP contribution in [0.2, 0.25) is 0 Å². The summed E-state index contributed by atoms with van der Waals surface area (Å²) in [5.41, 5.74) is 1.75. The molecule has 24 heavy (non-hydrogen) atoms. The Hall–Kier alpha value is -2.14. The van der Waals surface area contributed by atoms with Gasteiger partial charge in [0.25, 0.3) is 5.56 Å². The summed E-state index contributed by atoms with van der Waals surface area (Å²) in [7, 11) is 0. The van der Waals surface area contributed by atoms with E-state index < -0.39 is 0 Å². The van der Waals surface area contributed by atoms with Gasteiger partial charge in [-0.05, 0) is 12.1 Å². The van der Waals surface area contributed by atoms with Crippen molar-refractivity contribution in [2.45, 2.75) is 48.0 Å². The number of pyridine rings is 2. The van der Waals surface area contributed by atoms with Crippen LogP contribution >= 0.6 is 0 Å². The van der Waals surface area contributed by atoms with Crippen LogP contribution in [-0.4, -0.2) is 28.3 Å². The lowest BCUT2D eigenvalue weighted by Gasteiger charge is -1.92. The molecule has 5 heteroatoms. The number of H-pyrrole nitrogens is 1. The molecular weight excluding hydrogens is 304 g/mol.